The summed E-state index contributed by atoms with van der Waals surface area (Å²) in [6.07, 6.45) is 5.31. The zero-order chi connectivity index (χ0) is 22.9. The van der Waals surface area contributed by atoms with E-state index in [4.69, 9.17) is 4.74 Å². The van der Waals surface area contributed by atoms with Gasteiger partial charge >= 0.3 is 0 Å². The number of aromatic nitrogens is 4. The topological polar surface area (TPSA) is 89.9 Å². The highest BCUT2D eigenvalue weighted by molar-refractivity contribution is 7.21. The molecule has 1 N–H and O–H groups in total. The van der Waals surface area contributed by atoms with Gasteiger partial charge in [-0.1, -0.05) is 17.3 Å². The molecule has 164 valence electrons. The van der Waals surface area contributed by atoms with E-state index in [9.17, 15) is 9.18 Å². The Kier molecular flexibility index (Phi) is 5.44. The number of benzene rings is 1. The van der Waals surface area contributed by atoms with E-state index >= 15 is 0 Å². The Balaban J connectivity index is 1.46. The lowest BCUT2D eigenvalue weighted by Gasteiger charge is -2.13. The van der Waals surface area contributed by atoms with Crippen LogP contribution in [0.5, 0.6) is 5.75 Å². The molecule has 1 aliphatic carbocycles. The van der Waals surface area contributed by atoms with Gasteiger partial charge in [0.2, 0.25) is 0 Å². The van der Waals surface area contributed by atoms with Crippen molar-refractivity contribution in [1.29, 1.82) is 0 Å². The molecule has 0 unspecified atom stereocenters. The van der Waals surface area contributed by atoms with Crippen LogP contribution in [0.25, 0.3) is 21.6 Å². The third kappa shape index (κ3) is 4.52. The van der Waals surface area contributed by atoms with Crippen molar-refractivity contribution in [2.75, 3.05) is 12.4 Å². The zero-order valence-electron chi connectivity index (χ0n) is 17.8. The average molecular weight is 460 g/mol. The number of carbonyl (C=O) groups excluding carboxylic acids is 1. The van der Waals surface area contributed by atoms with Crippen LogP contribution in [0, 0.1) is 30.5 Å². The number of carbonyl (C=O) groups is 1. The Morgan fingerprint density at radius 3 is 2.82 bits per heavy atom. The standard InChI is InChI=1S/C24H18FN5O2S/c1-13-9-17(18-10-15(25)6-8-20(18)32-2)19(12-26-13)22(31)30-24-29-21-23(33-24)28-16(11-27-21)7-5-14-3-4-14/h6,8-12,14H,3-4H2,1-2H3,(H,27,29,30,31). The van der Waals surface area contributed by atoms with Crippen LogP contribution in [0.15, 0.2) is 36.7 Å². The minimum absolute atomic E-state index is 0.265. The van der Waals surface area contributed by atoms with Crippen molar-refractivity contribution in [3.63, 3.8) is 0 Å². The van der Waals surface area contributed by atoms with E-state index in [0.717, 1.165) is 12.8 Å². The van der Waals surface area contributed by atoms with Crippen LogP contribution in [0.2, 0.25) is 0 Å². The van der Waals surface area contributed by atoms with Crippen molar-refractivity contribution in [2.24, 2.45) is 5.92 Å². The van der Waals surface area contributed by atoms with Gasteiger partial charge in [-0.25, -0.2) is 14.4 Å². The van der Waals surface area contributed by atoms with Gasteiger partial charge < -0.3 is 4.74 Å². The molecule has 1 saturated carbocycles. The molecule has 1 fully saturated rings. The van der Waals surface area contributed by atoms with Crippen molar-refractivity contribution in [3.8, 4) is 28.7 Å². The lowest BCUT2D eigenvalue weighted by Crippen LogP contribution is -2.14. The van der Waals surface area contributed by atoms with Gasteiger partial charge in [-0.15, -0.1) is 0 Å². The maximum Gasteiger partial charge on any atom is 0.259 e. The molecule has 3 aromatic heterocycles. The Bertz CT molecular complexity index is 1450. The van der Waals surface area contributed by atoms with Crippen LogP contribution in [0.4, 0.5) is 9.52 Å². The summed E-state index contributed by atoms with van der Waals surface area (Å²) < 4.78 is 19.4. The number of amides is 1. The molecule has 33 heavy (non-hydrogen) atoms. The number of ether oxygens (including phenoxy) is 1. The van der Waals surface area contributed by atoms with Gasteiger partial charge in [0.05, 0.1) is 18.9 Å². The molecule has 5 rings (SSSR count). The van der Waals surface area contributed by atoms with Crippen molar-refractivity contribution in [1.82, 2.24) is 19.9 Å². The summed E-state index contributed by atoms with van der Waals surface area (Å²) in [5, 5.41) is 3.13. The molecule has 1 aromatic carbocycles. The van der Waals surface area contributed by atoms with Crippen LogP contribution in [-0.4, -0.2) is 33.0 Å². The second kappa shape index (κ2) is 8.56. The molecule has 4 aromatic rings. The van der Waals surface area contributed by atoms with E-state index in [1.165, 1.54) is 42.8 Å². The number of nitrogens with zero attached hydrogens (tertiary/aromatic N) is 4. The number of halogens is 1. The normalized spacial score (nSPS) is 12.8. The minimum Gasteiger partial charge on any atom is -0.496 e. The second-order valence-electron chi connectivity index (χ2n) is 7.62. The number of thiazole rings is 1. The highest BCUT2D eigenvalue weighted by atomic mass is 32.1. The summed E-state index contributed by atoms with van der Waals surface area (Å²) in [6, 6.07) is 5.88. The van der Waals surface area contributed by atoms with E-state index in [0.29, 0.717) is 49.8 Å². The third-order valence-electron chi connectivity index (χ3n) is 5.06. The number of nitrogens with one attached hydrogen (secondary N) is 1. The summed E-state index contributed by atoms with van der Waals surface area (Å²) in [6.45, 7) is 1.80. The number of anilines is 1. The Morgan fingerprint density at radius 2 is 2.03 bits per heavy atom. The van der Waals surface area contributed by atoms with Gasteiger partial charge in [0.15, 0.2) is 15.6 Å². The number of pyridine rings is 1. The summed E-state index contributed by atoms with van der Waals surface area (Å²) in [4.78, 5) is 31.1. The van der Waals surface area contributed by atoms with Crippen LogP contribution in [-0.2, 0) is 0 Å². The number of methoxy groups -OCH3 is 1. The Hall–Kier alpha value is -3.90. The molecule has 3 heterocycles. The Labute approximate surface area is 193 Å². The number of aryl methyl sites for hydroxylation is 1. The highest BCUT2D eigenvalue weighted by Gasteiger charge is 2.20. The fourth-order valence-corrected chi connectivity index (χ4v) is 4.05. The van der Waals surface area contributed by atoms with E-state index in [1.807, 2.05) is 0 Å². The van der Waals surface area contributed by atoms with E-state index in [2.05, 4.69) is 37.1 Å². The van der Waals surface area contributed by atoms with Crippen molar-refractivity contribution in [3.05, 3.63) is 59.4 Å². The minimum atomic E-state index is -0.435. The van der Waals surface area contributed by atoms with Gasteiger partial charge in [0.1, 0.15) is 17.3 Å². The van der Waals surface area contributed by atoms with E-state index in [-0.39, 0.29) is 5.56 Å². The quantitative estimate of drug-likeness (QED) is 0.448. The Morgan fingerprint density at radius 1 is 1.18 bits per heavy atom. The maximum atomic E-state index is 14.0. The second-order valence-corrected chi connectivity index (χ2v) is 8.59. The first-order chi connectivity index (χ1) is 16.0. The van der Waals surface area contributed by atoms with Gasteiger partial charge in [-0.05, 0) is 50.0 Å². The van der Waals surface area contributed by atoms with Gasteiger partial charge in [-0.3, -0.25) is 15.1 Å². The molecular weight excluding hydrogens is 441 g/mol. The predicted molar refractivity (Wildman–Crippen MR) is 124 cm³/mol. The molecule has 0 spiro atoms. The molecule has 9 heteroatoms. The first-order valence-electron chi connectivity index (χ1n) is 10.3. The molecule has 0 bridgehead atoms. The average Bonchev–Trinajstić information content (AvgIpc) is 3.55. The van der Waals surface area contributed by atoms with Gasteiger partial charge in [-0.2, -0.15) is 4.98 Å². The van der Waals surface area contributed by atoms with Crippen molar-refractivity contribution in [2.45, 2.75) is 19.8 Å². The zero-order valence-corrected chi connectivity index (χ0v) is 18.7. The first-order valence-corrected chi connectivity index (χ1v) is 11.1. The monoisotopic (exact) mass is 459 g/mol. The fraction of sp³-hybridized carbons (Fsp3) is 0.208. The largest absolute Gasteiger partial charge is 0.496 e. The number of rotatable bonds is 4. The van der Waals surface area contributed by atoms with Crippen molar-refractivity contribution >= 4 is 32.9 Å². The molecule has 0 saturated heterocycles. The lowest BCUT2D eigenvalue weighted by molar-refractivity contribution is 0.102. The number of fused-ring (bicyclic) bond motifs is 1. The summed E-state index contributed by atoms with van der Waals surface area (Å²) >= 11 is 1.21. The lowest BCUT2D eigenvalue weighted by atomic mass is 9.99. The molecule has 0 radical (unpaired) electrons. The fourth-order valence-electron chi connectivity index (χ4n) is 3.26. The van der Waals surface area contributed by atoms with Gasteiger partial charge in [0, 0.05) is 28.9 Å². The summed E-state index contributed by atoms with van der Waals surface area (Å²) in [5.74, 6) is 6.24. The summed E-state index contributed by atoms with van der Waals surface area (Å²) in [5.41, 5.74) is 2.92. The molecule has 1 aliphatic rings. The third-order valence-corrected chi connectivity index (χ3v) is 5.92. The van der Waals surface area contributed by atoms with Crippen LogP contribution in [0.1, 0.15) is 34.6 Å². The molecule has 0 atom stereocenters. The molecular formula is C24H18FN5O2S. The summed E-state index contributed by atoms with van der Waals surface area (Å²) in [7, 11) is 1.49. The first kappa shape index (κ1) is 21.0. The number of hydrogen-bond donors (Lipinski definition) is 1. The highest BCUT2D eigenvalue weighted by Crippen LogP contribution is 2.34. The molecule has 7 nitrogen and oxygen atoms in total. The van der Waals surface area contributed by atoms with Crippen LogP contribution >= 0.6 is 11.3 Å². The van der Waals surface area contributed by atoms with Crippen molar-refractivity contribution < 1.29 is 13.9 Å². The number of hydrogen-bond acceptors (Lipinski definition) is 7. The van der Waals surface area contributed by atoms with Gasteiger partial charge in [0.25, 0.3) is 5.91 Å². The van der Waals surface area contributed by atoms with E-state index < -0.39 is 11.7 Å². The SMILES string of the molecule is COc1ccc(F)cc1-c1cc(C)ncc1C(=O)Nc1nc2ncc(C#CC3CC3)nc2s1. The smallest absolute Gasteiger partial charge is 0.259 e. The predicted octanol–water partition coefficient (Wildman–Crippen LogP) is 4.62. The van der Waals surface area contributed by atoms with Crippen LogP contribution in [0.3, 0.4) is 0 Å². The molecule has 0 aliphatic heterocycles. The van der Waals surface area contributed by atoms with E-state index in [1.54, 1.807) is 19.2 Å². The van der Waals surface area contributed by atoms with Crippen LogP contribution < -0.4 is 10.1 Å². The molecule has 1 amide bonds. The maximum absolute atomic E-state index is 14.0.